The molecule has 5 rings (SSSR count). The zero-order valence-corrected chi connectivity index (χ0v) is 15.6. The van der Waals surface area contributed by atoms with Gasteiger partial charge >= 0.3 is 0 Å². The van der Waals surface area contributed by atoms with E-state index >= 15 is 0 Å². The molecule has 1 saturated heterocycles. The third kappa shape index (κ3) is 3.40. The Labute approximate surface area is 166 Å². The smallest absolute Gasteiger partial charge is 0.273 e. The normalized spacial score (nSPS) is 13.9. The quantitative estimate of drug-likeness (QED) is 0.547. The zero-order valence-electron chi connectivity index (χ0n) is 15.6. The molecule has 0 bridgehead atoms. The molecule has 10 heteroatoms. The van der Waals surface area contributed by atoms with E-state index in [2.05, 4.69) is 35.7 Å². The molecule has 0 radical (unpaired) electrons. The van der Waals surface area contributed by atoms with E-state index in [9.17, 15) is 4.79 Å². The molecule has 3 aromatic heterocycles. The van der Waals surface area contributed by atoms with Crippen LogP contribution < -0.4 is 10.2 Å². The van der Waals surface area contributed by atoms with Crippen molar-refractivity contribution in [1.82, 2.24) is 40.1 Å². The molecule has 4 heterocycles. The Bertz CT molecular complexity index is 1140. The SMILES string of the molecule is O=C(NCc1nnc2ccc(N3CCCC3)nn12)c1cnn(-c2ccccc2)n1. The summed E-state index contributed by atoms with van der Waals surface area (Å²) in [7, 11) is 0. The molecular formula is C19H19N9O. The molecule has 10 nitrogen and oxygen atoms in total. The van der Waals surface area contributed by atoms with Crippen LogP contribution in [0.1, 0.15) is 29.2 Å². The zero-order chi connectivity index (χ0) is 19.6. The van der Waals surface area contributed by atoms with Gasteiger partial charge in [0.1, 0.15) is 5.82 Å². The average Bonchev–Trinajstić information content (AvgIpc) is 3.53. The maximum absolute atomic E-state index is 12.5. The number of nitrogens with zero attached hydrogens (tertiary/aromatic N) is 8. The predicted molar refractivity (Wildman–Crippen MR) is 105 cm³/mol. The summed E-state index contributed by atoms with van der Waals surface area (Å²) < 4.78 is 1.68. The monoisotopic (exact) mass is 389 g/mol. The summed E-state index contributed by atoms with van der Waals surface area (Å²) in [6.45, 7) is 2.20. The summed E-state index contributed by atoms with van der Waals surface area (Å²) in [6, 6.07) is 13.3. The lowest BCUT2D eigenvalue weighted by Crippen LogP contribution is -2.25. The maximum atomic E-state index is 12.5. The van der Waals surface area contributed by atoms with Crippen molar-refractivity contribution < 1.29 is 4.79 Å². The number of carbonyl (C=O) groups is 1. The molecule has 0 saturated carbocycles. The largest absolute Gasteiger partial charge is 0.355 e. The number of para-hydroxylation sites is 1. The lowest BCUT2D eigenvalue weighted by molar-refractivity contribution is 0.0944. The van der Waals surface area contributed by atoms with Crippen molar-refractivity contribution in [3.05, 3.63) is 60.2 Å². The summed E-state index contributed by atoms with van der Waals surface area (Å²) in [5.41, 5.74) is 1.66. The highest BCUT2D eigenvalue weighted by Crippen LogP contribution is 2.18. The molecule has 1 N–H and O–H groups in total. The molecule has 1 aliphatic heterocycles. The summed E-state index contributed by atoms with van der Waals surface area (Å²) in [5.74, 6) is 1.12. The minimum atomic E-state index is -0.334. The van der Waals surface area contributed by atoms with Crippen LogP contribution in [0.2, 0.25) is 0 Å². The Morgan fingerprint density at radius 3 is 2.66 bits per heavy atom. The minimum absolute atomic E-state index is 0.189. The number of aromatic nitrogens is 7. The van der Waals surface area contributed by atoms with Gasteiger partial charge in [0.25, 0.3) is 5.91 Å². The highest BCUT2D eigenvalue weighted by molar-refractivity contribution is 5.91. The number of carbonyl (C=O) groups excluding carboxylic acids is 1. The Kier molecular flexibility index (Phi) is 4.35. The summed E-state index contributed by atoms with van der Waals surface area (Å²) in [6.07, 6.45) is 3.79. The molecule has 146 valence electrons. The highest BCUT2D eigenvalue weighted by atomic mass is 16.2. The number of nitrogens with one attached hydrogen (secondary N) is 1. The molecule has 1 aliphatic rings. The van der Waals surface area contributed by atoms with Crippen molar-refractivity contribution in [1.29, 1.82) is 0 Å². The summed E-state index contributed by atoms with van der Waals surface area (Å²) in [5, 5.41) is 24.1. The fourth-order valence-corrected chi connectivity index (χ4v) is 3.35. The van der Waals surface area contributed by atoms with E-state index in [-0.39, 0.29) is 18.1 Å². The van der Waals surface area contributed by atoms with Crippen LogP contribution in [0.4, 0.5) is 5.82 Å². The standard InChI is InChI=1S/C19H19N9O/c29-19(15-12-21-28(24-15)14-6-2-1-3-7-14)20-13-18-23-22-16-8-9-17(25-27(16)18)26-10-4-5-11-26/h1-3,6-9,12H,4-5,10-11,13H2,(H,20,29). The Balaban J connectivity index is 1.31. The Morgan fingerprint density at radius 1 is 1.00 bits per heavy atom. The van der Waals surface area contributed by atoms with Gasteiger partial charge in [-0.15, -0.1) is 20.4 Å². The van der Waals surface area contributed by atoms with E-state index in [1.807, 2.05) is 42.5 Å². The fraction of sp³-hybridized carbons (Fsp3) is 0.263. The molecule has 0 spiro atoms. The Hall–Kier alpha value is -3.82. The van der Waals surface area contributed by atoms with Crippen molar-refractivity contribution in [3.8, 4) is 5.69 Å². The van der Waals surface area contributed by atoms with Crippen LogP contribution in [-0.4, -0.2) is 53.8 Å². The lowest BCUT2D eigenvalue weighted by atomic mass is 10.3. The summed E-state index contributed by atoms with van der Waals surface area (Å²) in [4.78, 5) is 16.1. The molecule has 1 aromatic carbocycles. The van der Waals surface area contributed by atoms with Gasteiger partial charge in [-0.05, 0) is 37.1 Å². The van der Waals surface area contributed by atoms with Crippen molar-refractivity contribution >= 4 is 17.4 Å². The lowest BCUT2D eigenvalue weighted by Gasteiger charge is -2.15. The Morgan fingerprint density at radius 2 is 1.83 bits per heavy atom. The van der Waals surface area contributed by atoms with Gasteiger partial charge in [-0.3, -0.25) is 4.79 Å². The molecular weight excluding hydrogens is 370 g/mol. The first-order valence-electron chi connectivity index (χ1n) is 9.50. The van der Waals surface area contributed by atoms with Crippen LogP contribution in [0.3, 0.4) is 0 Å². The van der Waals surface area contributed by atoms with Gasteiger partial charge in [0, 0.05) is 13.1 Å². The number of rotatable bonds is 5. The van der Waals surface area contributed by atoms with E-state index in [4.69, 9.17) is 0 Å². The van der Waals surface area contributed by atoms with E-state index < -0.39 is 0 Å². The topological polar surface area (TPSA) is 106 Å². The van der Waals surface area contributed by atoms with E-state index in [0.29, 0.717) is 11.5 Å². The van der Waals surface area contributed by atoms with Gasteiger partial charge in [-0.1, -0.05) is 18.2 Å². The highest BCUT2D eigenvalue weighted by Gasteiger charge is 2.17. The van der Waals surface area contributed by atoms with Crippen LogP contribution in [0, 0.1) is 0 Å². The number of hydrogen-bond donors (Lipinski definition) is 1. The van der Waals surface area contributed by atoms with Crippen molar-refractivity contribution in [2.24, 2.45) is 0 Å². The second-order valence-corrected chi connectivity index (χ2v) is 6.81. The maximum Gasteiger partial charge on any atom is 0.273 e. The first kappa shape index (κ1) is 17.3. The predicted octanol–water partition coefficient (Wildman–Crippen LogP) is 1.24. The van der Waals surface area contributed by atoms with Crippen molar-refractivity contribution in [2.45, 2.75) is 19.4 Å². The van der Waals surface area contributed by atoms with Gasteiger partial charge in [-0.25, -0.2) is 0 Å². The second kappa shape index (κ2) is 7.30. The number of hydrogen-bond acceptors (Lipinski definition) is 7. The molecule has 29 heavy (non-hydrogen) atoms. The number of benzene rings is 1. The van der Waals surface area contributed by atoms with Crippen LogP contribution in [0.5, 0.6) is 0 Å². The molecule has 1 amide bonds. The number of anilines is 1. The van der Waals surface area contributed by atoms with Gasteiger partial charge in [0.15, 0.2) is 17.2 Å². The van der Waals surface area contributed by atoms with Crippen LogP contribution in [0.25, 0.3) is 11.3 Å². The van der Waals surface area contributed by atoms with Crippen LogP contribution >= 0.6 is 0 Å². The van der Waals surface area contributed by atoms with E-state index in [1.165, 1.54) is 23.8 Å². The fourth-order valence-electron chi connectivity index (χ4n) is 3.35. The second-order valence-electron chi connectivity index (χ2n) is 6.81. The first-order chi connectivity index (χ1) is 14.3. The van der Waals surface area contributed by atoms with Crippen LogP contribution in [-0.2, 0) is 6.54 Å². The van der Waals surface area contributed by atoms with Crippen LogP contribution in [0.15, 0.2) is 48.7 Å². The van der Waals surface area contributed by atoms with Crippen molar-refractivity contribution in [3.63, 3.8) is 0 Å². The van der Waals surface area contributed by atoms with E-state index in [0.717, 1.165) is 24.6 Å². The summed E-state index contributed by atoms with van der Waals surface area (Å²) >= 11 is 0. The van der Waals surface area contributed by atoms with Gasteiger partial charge in [0.2, 0.25) is 0 Å². The third-order valence-electron chi connectivity index (χ3n) is 4.86. The van der Waals surface area contributed by atoms with Crippen molar-refractivity contribution in [2.75, 3.05) is 18.0 Å². The first-order valence-corrected chi connectivity index (χ1v) is 9.50. The molecule has 1 fully saturated rings. The average molecular weight is 389 g/mol. The number of fused-ring (bicyclic) bond motifs is 1. The van der Waals surface area contributed by atoms with Gasteiger partial charge < -0.3 is 10.2 Å². The number of amides is 1. The van der Waals surface area contributed by atoms with Gasteiger partial charge in [0.05, 0.1) is 18.4 Å². The van der Waals surface area contributed by atoms with Gasteiger partial charge in [-0.2, -0.15) is 14.4 Å². The molecule has 0 unspecified atom stereocenters. The molecule has 0 atom stereocenters. The molecule has 0 aliphatic carbocycles. The minimum Gasteiger partial charge on any atom is -0.355 e. The third-order valence-corrected chi connectivity index (χ3v) is 4.86. The van der Waals surface area contributed by atoms with E-state index in [1.54, 1.807) is 4.52 Å². The molecule has 4 aromatic rings.